The minimum atomic E-state index is -4.39. The number of carbonyl (C=O) groups is 2. The molecular weight excluding hydrogens is 725 g/mol. The molecule has 9 nitrogen and oxygen atoms in total. The molecule has 0 aromatic rings. The van der Waals surface area contributed by atoms with Crippen molar-refractivity contribution in [1.82, 2.24) is 0 Å². The number of hydrogen-bond donors (Lipinski definition) is 1. The molecule has 0 aliphatic carbocycles. The largest absolute Gasteiger partial charge is 0.472 e. The van der Waals surface area contributed by atoms with Gasteiger partial charge in [-0.15, -0.1) is 0 Å². The highest BCUT2D eigenvalue weighted by Gasteiger charge is 2.27. The molecule has 0 amide bonds. The number of nitrogens with zero attached hydrogens (tertiary/aromatic N) is 1. The second kappa shape index (κ2) is 38.0. The lowest BCUT2D eigenvalue weighted by Gasteiger charge is -2.24. The van der Waals surface area contributed by atoms with Crippen LogP contribution in [0.15, 0.2) is 72.9 Å². The highest BCUT2D eigenvalue weighted by molar-refractivity contribution is 7.47. The molecule has 56 heavy (non-hydrogen) atoms. The van der Waals surface area contributed by atoms with Gasteiger partial charge in [-0.1, -0.05) is 132 Å². The predicted molar refractivity (Wildman–Crippen MR) is 233 cm³/mol. The Hall–Kier alpha value is -2.55. The third kappa shape index (κ3) is 41.1. The molecule has 0 radical (unpaired) electrons. The van der Waals surface area contributed by atoms with Gasteiger partial charge in [0.25, 0.3) is 0 Å². The molecule has 0 bridgehead atoms. The van der Waals surface area contributed by atoms with Crippen LogP contribution in [0, 0.1) is 0 Å². The van der Waals surface area contributed by atoms with E-state index in [0.717, 1.165) is 77.0 Å². The minimum absolute atomic E-state index is 0.0186. The molecule has 0 aliphatic rings. The fourth-order valence-corrected chi connectivity index (χ4v) is 6.07. The third-order valence-electron chi connectivity index (χ3n) is 8.72. The summed E-state index contributed by atoms with van der Waals surface area (Å²) in [5, 5.41) is 0. The molecule has 10 heteroatoms. The van der Waals surface area contributed by atoms with Crippen LogP contribution in [0.5, 0.6) is 0 Å². The number of esters is 2. The maximum Gasteiger partial charge on any atom is 0.472 e. The van der Waals surface area contributed by atoms with Gasteiger partial charge in [-0.25, -0.2) is 4.57 Å². The smallest absolute Gasteiger partial charge is 0.462 e. The van der Waals surface area contributed by atoms with E-state index in [1.807, 2.05) is 21.1 Å². The molecule has 0 aromatic carbocycles. The van der Waals surface area contributed by atoms with E-state index >= 15 is 0 Å². The molecule has 322 valence electrons. The number of phosphoric ester groups is 1. The second-order valence-corrected chi connectivity index (χ2v) is 16.8. The van der Waals surface area contributed by atoms with Crippen molar-refractivity contribution >= 4 is 19.8 Å². The standard InChI is InChI=1S/C46H80NO8P/c1-6-8-10-12-14-16-18-20-22-23-25-26-28-30-32-34-36-38-45(48)52-42-44(43-54-56(50,51)53-41-40-47(3,4)5)55-46(49)39-37-35-33-31-29-27-24-21-19-17-15-13-11-9-7-2/h9,11,14-17,20-22,24,29,31,44H,6-8,10,12-13,18-19,23,25-28,30,32-43H2,1-5H3/p+1/b11-9-,16-14-,17-15-,22-20-,24-21-,31-29-. The first-order chi connectivity index (χ1) is 27.0. The zero-order chi connectivity index (χ0) is 41.4. The van der Waals surface area contributed by atoms with E-state index in [2.05, 4.69) is 86.8 Å². The highest BCUT2D eigenvalue weighted by Crippen LogP contribution is 2.43. The molecule has 0 aliphatic heterocycles. The number of carbonyl (C=O) groups excluding carboxylic acids is 2. The Bertz CT molecular complexity index is 1180. The topological polar surface area (TPSA) is 108 Å². The van der Waals surface area contributed by atoms with E-state index in [-0.39, 0.29) is 26.1 Å². The van der Waals surface area contributed by atoms with Crippen LogP contribution < -0.4 is 0 Å². The van der Waals surface area contributed by atoms with E-state index < -0.39 is 32.5 Å². The van der Waals surface area contributed by atoms with Gasteiger partial charge in [0.1, 0.15) is 19.8 Å². The van der Waals surface area contributed by atoms with Gasteiger partial charge in [-0.3, -0.25) is 18.6 Å². The number of unbranched alkanes of at least 4 members (excludes halogenated alkanes) is 12. The van der Waals surface area contributed by atoms with Crippen molar-refractivity contribution < 1.29 is 42.1 Å². The van der Waals surface area contributed by atoms with Crippen LogP contribution in [0.4, 0.5) is 0 Å². The minimum Gasteiger partial charge on any atom is -0.462 e. The molecule has 2 unspecified atom stereocenters. The zero-order valence-electron chi connectivity index (χ0n) is 36.1. The third-order valence-corrected chi connectivity index (χ3v) is 9.70. The second-order valence-electron chi connectivity index (χ2n) is 15.3. The maximum atomic E-state index is 12.7. The molecule has 1 N–H and O–H groups in total. The molecular formula is C46H81NO8P+. The average molecular weight is 807 g/mol. The number of phosphoric acid groups is 1. The Morgan fingerprint density at radius 1 is 0.571 bits per heavy atom. The summed E-state index contributed by atoms with van der Waals surface area (Å²) in [6, 6.07) is 0. The highest BCUT2D eigenvalue weighted by atomic mass is 31.2. The summed E-state index contributed by atoms with van der Waals surface area (Å²) in [7, 11) is 1.43. The Balaban J connectivity index is 4.45. The molecule has 2 atom stereocenters. The molecule has 0 heterocycles. The average Bonchev–Trinajstić information content (AvgIpc) is 3.15. The van der Waals surface area contributed by atoms with Gasteiger partial charge in [0.15, 0.2) is 6.10 Å². The summed E-state index contributed by atoms with van der Waals surface area (Å²) in [6.45, 7) is 4.20. The van der Waals surface area contributed by atoms with Crippen LogP contribution in [0.25, 0.3) is 0 Å². The van der Waals surface area contributed by atoms with Gasteiger partial charge >= 0.3 is 19.8 Å². The SMILES string of the molecule is CC/C=C\C/C=C\C/C=C\C/C=C\CCCCC(=O)OC(COC(=O)CCCCCCCCC/C=C\C/C=C\CCCCC)COP(=O)(O)OCC[N+](C)(C)C. The van der Waals surface area contributed by atoms with Crippen LogP contribution in [0.3, 0.4) is 0 Å². The van der Waals surface area contributed by atoms with Crippen LogP contribution in [-0.4, -0.2) is 74.9 Å². The van der Waals surface area contributed by atoms with Gasteiger partial charge < -0.3 is 18.9 Å². The Labute approximate surface area is 342 Å². The lowest BCUT2D eigenvalue weighted by Crippen LogP contribution is -2.37. The number of hydrogen-bond acceptors (Lipinski definition) is 7. The lowest BCUT2D eigenvalue weighted by atomic mass is 10.1. The quantitative estimate of drug-likeness (QED) is 0.0216. The zero-order valence-corrected chi connectivity index (χ0v) is 37.0. The van der Waals surface area contributed by atoms with Gasteiger partial charge in [-0.05, 0) is 83.5 Å². The molecule has 0 saturated carbocycles. The molecule has 0 saturated heterocycles. The summed E-state index contributed by atoms with van der Waals surface area (Å²) < 4.78 is 34.2. The van der Waals surface area contributed by atoms with E-state index in [1.165, 1.54) is 44.9 Å². The number of allylic oxidation sites excluding steroid dienone is 12. The fraction of sp³-hybridized carbons (Fsp3) is 0.696. The first kappa shape index (κ1) is 53.5. The van der Waals surface area contributed by atoms with Gasteiger partial charge in [0.05, 0.1) is 27.7 Å². The van der Waals surface area contributed by atoms with E-state index in [0.29, 0.717) is 17.4 Å². The maximum absolute atomic E-state index is 12.7. The predicted octanol–water partition coefficient (Wildman–Crippen LogP) is 12.2. The number of quaternary nitrogens is 1. The van der Waals surface area contributed by atoms with Crippen molar-refractivity contribution in [2.45, 2.75) is 161 Å². The summed E-state index contributed by atoms with van der Waals surface area (Å²) in [4.78, 5) is 35.3. The van der Waals surface area contributed by atoms with Gasteiger partial charge in [0.2, 0.25) is 0 Å². The van der Waals surface area contributed by atoms with Crippen LogP contribution in [0.1, 0.15) is 155 Å². The summed E-state index contributed by atoms with van der Waals surface area (Å²) >= 11 is 0. The van der Waals surface area contributed by atoms with Crippen LogP contribution in [-0.2, 0) is 32.7 Å². The fourth-order valence-electron chi connectivity index (χ4n) is 5.33. The van der Waals surface area contributed by atoms with Crippen LogP contribution in [0.2, 0.25) is 0 Å². The van der Waals surface area contributed by atoms with Crippen molar-refractivity contribution in [3.63, 3.8) is 0 Å². The van der Waals surface area contributed by atoms with Gasteiger partial charge in [0, 0.05) is 12.8 Å². The molecule has 0 fully saturated rings. The monoisotopic (exact) mass is 807 g/mol. The first-order valence-corrected chi connectivity index (χ1v) is 23.2. The van der Waals surface area contributed by atoms with Crippen molar-refractivity contribution in [3.05, 3.63) is 72.9 Å². The normalized spacial score (nSPS) is 14.3. The Kier molecular flexibility index (Phi) is 36.3. The number of likely N-dealkylation sites (N-methyl/N-ethyl adjacent to an activating group) is 1. The van der Waals surface area contributed by atoms with Crippen molar-refractivity contribution in [3.8, 4) is 0 Å². The summed E-state index contributed by atoms with van der Waals surface area (Å²) in [5.74, 6) is -0.863. The van der Waals surface area contributed by atoms with E-state index in [9.17, 15) is 19.0 Å². The van der Waals surface area contributed by atoms with E-state index in [4.69, 9.17) is 18.5 Å². The van der Waals surface area contributed by atoms with Crippen molar-refractivity contribution in [2.24, 2.45) is 0 Å². The Morgan fingerprint density at radius 2 is 1.02 bits per heavy atom. The van der Waals surface area contributed by atoms with E-state index in [1.54, 1.807) is 0 Å². The van der Waals surface area contributed by atoms with Crippen molar-refractivity contribution in [2.75, 3.05) is 47.5 Å². The summed E-state index contributed by atoms with van der Waals surface area (Å²) in [5.41, 5.74) is 0. The molecule has 0 aromatic heterocycles. The molecule has 0 spiro atoms. The Morgan fingerprint density at radius 3 is 1.55 bits per heavy atom. The van der Waals surface area contributed by atoms with Crippen LogP contribution >= 0.6 is 7.82 Å². The number of rotatable bonds is 38. The first-order valence-electron chi connectivity index (χ1n) is 21.7. The van der Waals surface area contributed by atoms with Crippen molar-refractivity contribution in [1.29, 1.82) is 0 Å². The lowest BCUT2D eigenvalue weighted by molar-refractivity contribution is -0.870. The summed E-state index contributed by atoms with van der Waals surface area (Å²) in [6.07, 6.45) is 46.6. The van der Waals surface area contributed by atoms with Gasteiger partial charge in [-0.2, -0.15) is 0 Å². The molecule has 0 rings (SSSR count). The number of ether oxygens (including phenoxy) is 2.